The SMILES string of the molecule is COc1ccc(Cc2cnc([C@H]3CCCN(C(=O)Cn4c(C)nc5ccccc54)C3)o2)cc1. The summed E-state index contributed by atoms with van der Waals surface area (Å²) in [5.74, 6) is 3.47. The number of aryl methyl sites for hydroxylation is 1. The van der Waals surface area contributed by atoms with Crippen molar-refractivity contribution in [1.82, 2.24) is 19.4 Å². The molecule has 5 rings (SSSR count). The number of para-hydroxylation sites is 2. The Morgan fingerprint density at radius 3 is 2.82 bits per heavy atom. The summed E-state index contributed by atoms with van der Waals surface area (Å²) in [7, 11) is 1.66. The number of carbonyl (C=O) groups excluding carboxylic acids is 1. The third-order valence-corrected chi connectivity index (χ3v) is 6.37. The van der Waals surface area contributed by atoms with Crippen molar-refractivity contribution in [2.45, 2.75) is 38.6 Å². The minimum Gasteiger partial charge on any atom is -0.497 e. The quantitative estimate of drug-likeness (QED) is 0.442. The lowest BCUT2D eigenvalue weighted by Gasteiger charge is -2.31. The molecule has 0 N–H and O–H groups in total. The van der Waals surface area contributed by atoms with Crippen LogP contribution in [0.15, 0.2) is 59.1 Å². The highest BCUT2D eigenvalue weighted by Crippen LogP contribution is 2.28. The highest BCUT2D eigenvalue weighted by atomic mass is 16.5. The van der Waals surface area contributed by atoms with Crippen LogP contribution in [0.5, 0.6) is 5.75 Å². The molecule has 7 heteroatoms. The first kappa shape index (κ1) is 21.2. The van der Waals surface area contributed by atoms with Gasteiger partial charge in [0, 0.05) is 19.5 Å². The summed E-state index contributed by atoms with van der Waals surface area (Å²) >= 11 is 0. The zero-order valence-corrected chi connectivity index (χ0v) is 19.0. The zero-order valence-electron chi connectivity index (χ0n) is 19.0. The van der Waals surface area contributed by atoms with Crippen molar-refractivity contribution in [3.8, 4) is 5.75 Å². The highest BCUT2D eigenvalue weighted by molar-refractivity contribution is 5.81. The van der Waals surface area contributed by atoms with E-state index < -0.39 is 0 Å². The molecule has 170 valence electrons. The number of rotatable bonds is 6. The average Bonchev–Trinajstić information content (AvgIpc) is 3.44. The minimum absolute atomic E-state index is 0.107. The van der Waals surface area contributed by atoms with E-state index in [1.807, 2.05) is 64.9 Å². The fraction of sp³-hybridized carbons (Fsp3) is 0.346. The van der Waals surface area contributed by atoms with Crippen LogP contribution >= 0.6 is 0 Å². The van der Waals surface area contributed by atoms with E-state index in [9.17, 15) is 4.79 Å². The summed E-state index contributed by atoms with van der Waals surface area (Å²) in [6.45, 7) is 3.64. The number of carbonyl (C=O) groups is 1. The van der Waals surface area contributed by atoms with Crippen molar-refractivity contribution in [2.24, 2.45) is 0 Å². The Morgan fingerprint density at radius 2 is 2.00 bits per heavy atom. The van der Waals surface area contributed by atoms with Gasteiger partial charge in [0.2, 0.25) is 5.91 Å². The molecule has 33 heavy (non-hydrogen) atoms. The first-order chi connectivity index (χ1) is 16.1. The summed E-state index contributed by atoms with van der Waals surface area (Å²) in [6.07, 6.45) is 4.40. The minimum atomic E-state index is 0.107. The maximum Gasteiger partial charge on any atom is 0.242 e. The predicted molar refractivity (Wildman–Crippen MR) is 125 cm³/mol. The molecule has 4 aromatic rings. The second-order valence-corrected chi connectivity index (χ2v) is 8.60. The van der Waals surface area contributed by atoms with Crippen LogP contribution in [0.1, 0.15) is 41.8 Å². The van der Waals surface area contributed by atoms with Gasteiger partial charge < -0.3 is 18.6 Å². The Bertz CT molecular complexity index is 1260. The second kappa shape index (κ2) is 9.10. The van der Waals surface area contributed by atoms with Crippen LogP contribution in [-0.4, -0.2) is 45.5 Å². The van der Waals surface area contributed by atoms with Gasteiger partial charge in [-0.15, -0.1) is 0 Å². The molecule has 0 bridgehead atoms. The third kappa shape index (κ3) is 4.49. The number of imidazole rings is 1. The second-order valence-electron chi connectivity index (χ2n) is 8.60. The molecular formula is C26H28N4O3. The van der Waals surface area contributed by atoms with Gasteiger partial charge in [-0.05, 0) is 49.6 Å². The first-order valence-electron chi connectivity index (χ1n) is 11.4. The standard InChI is InChI=1S/C26H28N4O3/c1-18-28-23-7-3-4-8-24(23)30(18)17-25(31)29-13-5-6-20(16-29)26-27-15-22(33-26)14-19-9-11-21(32-2)12-10-19/h3-4,7-12,15,20H,5-6,13-14,16-17H2,1-2H3/t20-/m0/s1. The Labute approximate surface area is 193 Å². The number of methoxy groups -OCH3 is 1. The predicted octanol–water partition coefficient (Wildman–Crippen LogP) is 4.34. The molecular weight excluding hydrogens is 416 g/mol. The molecule has 1 aliphatic heterocycles. The number of hydrogen-bond acceptors (Lipinski definition) is 5. The van der Waals surface area contributed by atoms with Gasteiger partial charge in [-0.2, -0.15) is 0 Å². The molecule has 0 spiro atoms. The van der Waals surface area contributed by atoms with Crippen LogP contribution in [0.2, 0.25) is 0 Å². The molecule has 0 radical (unpaired) electrons. The van der Waals surface area contributed by atoms with Crippen LogP contribution < -0.4 is 4.74 Å². The number of hydrogen-bond donors (Lipinski definition) is 0. The van der Waals surface area contributed by atoms with E-state index in [1.54, 1.807) is 13.3 Å². The van der Waals surface area contributed by atoms with Crippen LogP contribution in [0.25, 0.3) is 11.0 Å². The summed E-state index contributed by atoms with van der Waals surface area (Å²) < 4.78 is 13.3. The lowest BCUT2D eigenvalue weighted by molar-refractivity contribution is -0.133. The van der Waals surface area contributed by atoms with E-state index in [1.165, 1.54) is 0 Å². The van der Waals surface area contributed by atoms with Gasteiger partial charge in [0.05, 0.1) is 30.3 Å². The lowest BCUT2D eigenvalue weighted by atomic mass is 9.98. The summed E-state index contributed by atoms with van der Waals surface area (Å²) in [5.41, 5.74) is 3.05. The number of fused-ring (bicyclic) bond motifs is 1. The Morgan fingerprint density at radius 1 is 1.18 bits per heavy atom. The van der Waals surface area contributed by atoms with Gasteiger partial charge in [0.1, 0.15) is 23.9 Å². The summed E-state index contributed by atoms with van der Waals surface area (Å²) in [5, 5.41) is 0. The molecule has 1 aliphatic rings. The lowest BCUT2D eigenvalue weighted by Crippen LogP contribution is -2.41. The van der Waals surface area contributed by atoms with E-state index in [4.69, 9.17) is 9.15 Å². The fourth-order valence-corrected chi connectivity index (χ4v) is 4.57. The normalized spacial score (nSPS) is 16.3. The van der Waals surface area contributed by atoms with Gasteiger partial charge in [-0.1, -0.05) is 24.3 Å². The zero-order chi connectivity index (χ0) is 22.8. The number of oxazole rings is 1. The van der Waals surface area contributed by atoms with Crippen molar-refractivity contribution in [2.75, 3.05) is 20.2 Å². The largest absolute Gasteiger partial charge is 0.497 e. The van der Waals surface area contributed by atoms with Crippen molar-refractivity contribution in [1.29, 1.82) is 0 Å². The Kier molecular flexibility index (Phi) is 5.86. The number of amides is 1. The van der Waals surface area contributed by atoms with Gasteiger partial charge in [0.15, 0.2) is 5.89 Å². The molecule has 1 fully saturated rings. The molecule has 7 nitrogen and oxygen atoms in total. The number of likely N-dealkylation sites (tertiary alicyclic amines) is 1. The monoisotopic (exact) mass is 444 g/mol. The Balaban J connectivity index is 1.25. The molecule has 3 heterocycles. The average molecular weight is 445 g/mol. The number of benzene rings is 2. The molecule has 2 aromatic carbocycles. The third-order valence-electron chi connectivity index (χ3n) is 6.37. The topological polar surface area (TPSA) is 73.4 Å². The molecule has 1 amide bonds. The Hall–Kier alpha value is -3.61. The smallest absolute Gasteiger partial charge is 0.242 e. The van der Waals surface area contributed by atoms with E-state index in [2.05, 4.69) is 9.97 Å². The number of piperidine rings is 1. The van der Waals surface area contributed by atoms with Crippen molar-refractivity contribution >= 4 is 16.9 Å². The maximum atomic E-state index is 13.2. The van der Waals surface area contributed by atoms with Crippen LogP contribution in [-0.2, 0) is 17.8 Å². The summed E-state index contributed by atoms with van der Waals surface area (Å²) in [6, 6.07) is 15.9. The number of ether oxygens (including phenoxy) is 1. The maximum absolute atomic E-state index is 13.2. The van der Waals surface area contributed by atoms with Gasteiger partial charge >= 0.3 is 0 Å². The molecule has 1 saturated heterocycles. The van der Waals surface area contributed by atoms with E-state index >= 15 is 0 Å². The van der Waals surface area contributed by atoms with Crippen molar-refractivity contribution in [3.05, 3.63) is 77.8 Å². The van der Waals surface area contributed by atoms with Gasteiger partial charge in [-0.3, -0.25) is 4.79 Å². The van der Waals surface area contributed by atoms with E-state index in [-0.39, 0.29) is 11.8 Å². The van der Waals surface area contributed by atoms with E-state index in [0.717, 1.165) is 59.2 Å². The highest BCUT2D eigenvalue weighted by Gasteiger charge is 2.28. The van der Waals surface area contributed by atoms with E-state index in [0.29, 0.717) is 19.5 Å². The van der Waals surface area contributed by atoms with Crippen LogP contribution in [0.3, 0.4) is 0 Å². The molecule has 2 aromatic heterocycles. The van der Waals surface area contributed by atoms with Gasteiger partial charge in [0.25, 0.3) is 0 Å². The molecule has 0 unspecified atom stereocenters. The summed E-state index contributed by atoms with van der Waals surface area (Å²) in [4.78, 5) is 24.2. The van der Waals surface area contributed by atoms with Crippen LogP contribution in [0, 0.1) is 6.92 Å². The molecule has 0 aliphatic carbocycles. The fourth-order valence-electron chi connectivity index (χ4n) is 4.57. The number of nitrogens with zero attached hydrogens (tertiary/aromatic N) is 4. The number of aromatic nitrogens is 3. The van der Waals surface area contributed by atoms with Gasteiger partial charge in [-0.25, -0.2) is 9.97 Å². The molecule has 0 saturated carbocycles. The van der Waals surface area contributed by atoms with Crippen LogP contribution in [0.4, 0.5) is 0 Å². The van der Waals surface area contributed by atoms with Crippen molar-refractivity contribution in [3.63, 3.8) is 0 Å². The van der Waals surface area contributed by atoms with Crippen molar-refractivity contribution < 1.29 is 13.9 Å². The molecule has 1 atom stereocenters. The first-order valence-corrected chi connectivity index (χ1v) is 11.4.